The zero-order valence-electron chi connectivity index (χ0n) is 11.4. The predicted octanol–water partition coefficient (Wildman–Crippen LogP) is 2.55. The van der Waals surface area contributed by atoms with Crippen LogP contribution in [0.3, 0.4) is 0 Å². The second-order valence-corrected chi connectivity index (χ2v) is 4.42. The van der Waals surface area contributed by atoms with Gasteiger partial charge in [0.05, 0.1) is 4.92 Å². The van der Waals surface area contributed by atoms with Crippen LogP contribution >= 0.6 is 0 Å². The van der Waals surface area contributed by atoms with Gasteiger partial charge in [-0.1, -0.05) is 6.92 Å². The van der Waals surface area contributed by atoms with Gasteiger partial charge in [-0.25, -0.2) is 4.98 Å². The molecule has 0 bridgehead atoms. The summed E-state index contributed by atoms with van der Waals surface area (Å²) in [5, 5.41) is 18.3. The van der Waals surface area contributed by atoms with E-state index in [9.17, 15) is 10.1 Å². The Morgan fingerprint density at radius 2 is 2.15 bits per heavy atom. The molecule has 2 N–H and O–H groups in total. The first-order valence-corrected chi connectivity index (χ1v) is 6.70. The minimum atomic E-state index is -0.399. The molecule has 0 aliphatic rings. The molecule has 1 aromatic carbocycles. The van der Waals surface area contributed by atoms with Gasteiger partial charge in [0.25, 0.3) is 5.69 Å². The van der Waals surface area contributed by atoms with Crippen LogP contribution in [0.1, 0.15) is 13.3 Å². The van der Waals surface area contributed by atoms with Crippen LogP contribution in [-0.2, 0) is 0 Å². The van der Waals surface area contributed by atoms with Crippen LogP contribution < -0.4 is 10.6 Å². The molecule has 6 nitrogen and oxygen atoms in total. The topological polar surface area (TPSA) is 80.1 Å². The molecular weight excluding hydrogens is 256 g/mol. The Morgan fingerprint density at radius 1 is 1.30 bits per heavy atom. The third kappa shape index (κ3) is 3.21. The number of non-ortho nitro benzene ring substituents is 1. The van der Waals surface area contributed by atoms with Crippen LogP contribution in [-0.4, -0.2) is 29.5 Å². The van der Waals surface area contributed by atoms with E-state index in [1.165, 1.54) is 6.07 Å². The third-order valence-corrected chi connectivity index (χ3v) is 3.04. The maximum atomic E-state index is 11.0. The number of hydrogen-bond acceptors (Lipinski definition) is 5. The van der Waals surface area contributed by atoms with Crippen molar-refractivity contribution < 1.29 is 4.92 Å². The van der Waals surface area contributed by atoms with E-state index in [1.807, 2.05) is 6.07 Å². The second-order valence-electron chi connectivity index (χ2n) is 4.42. The summed E-state index contributed by atoms with van der Waals surface area (Å²) in [5.41, 5.74) is 1.35. The molecular formula is C14H18N4O2. The average molecular weight is 274 g/mol. The van der Waals surface area contributed by atoms with Crippen molar-refractivity contribution in [2.75, 3.05) is 25.0 Å². The van der Waals surface area contributed by atoms with Crippen molar-refractivity contribution >= 4 is 22.3 Å². The first kappa shape index (κ1) is 14.2. The van der Waals surface area contributed by atoms with Gasteiger partial charge in [0.1, 0.15) is 5.52 Å². The minimum Gasteiger partial charge on any atom is -0.384 e. The highest BCUT2D eigenvalue weighted by Crippen LogP contribution is 2.29. The summed E-state index contributed by atoms with van der Waals surface area (Å²) in [6.45, 7) is 4.80. The van der Waals surface area contributed by atoms with Gasteiger partial charge in [-0.3, -0.25) is 10.1 Å². The molecule has 0 spiro atoms. The van der Waals surface area contributed by atoms with Gasteiger partial charge in [-0.15, -0.1) is 0 Å². The molecule has 0 unspecified atom stereocenters. The van der Waals surface area contributed by atoms with Crippen molar-refractivity contribution in [2.24, 2.45) is 0 Å². The fourth-order valence-corrected chi connectivity index (χ4v) is 2.07. The Labute approximate surface area is 117 Å². The van der Waals surface area contributed by atoms with Crippen molar-refractivity contribution in [2.45, 2.75) is 13.3 Å². The molecule has 20 heavy (non-hydrogen) atoms. The molecule has 0 atom stereocenters. The molecule has 0 aliphatic carbocycles. The number of anilines is 1. The molecule has 0 saturated carbocycles. The molecule has 0 aliphatic heterocycles. The van der Waals surface area contributed by atoms with Crippen LogP contribution in [0, 0.1) is 10.1 Å². The lowest BCUT2D eigenvalue weighted by atomic mass is 10.1. The maximum absolute atomic E-state index is 11.0. The summed E-state index contributed by atoms with van der Waals surface area (Å²) in [4.78, 5) is 14.7. The highest BCUT2D eigenvalue weighted by molar-refractivity contribution is 5.96. The number of benzene rings is 1. The van der Waals surface area contributed by atoms with E-state index in [0.717, 1.165) is 37.1 Å². The van der Waals surface area contributed by atoms with E-state index in [1.54, 1.807) is 18.3 Å². The van der Waals surface area contributed by atoms with Gasteiger partial charge in [0.15, 0.2) is 0 Å². The van der Waals surface area contributed by atoms with Crippen molar-refractivity contribution in [3.63, 3.8) is 0 Å². The molecule has 1 aromatic heterocycles. The lowest BCUT2D eigenvalue weighted by Crippen LogP contribution is -2.17. The summed E-state index contributed by atoms with van der Waals surface area (Å²) in [5.74, 6) is 0. The first-order valence-electron chi connectivity index (χ1n) is 6.70. The molecule has 0 saturated heterocycles. The molecule has 0 fully saturated rings. The van der Waals surface area contributed by atoms with Crippen molar-refractivity contribution in [3.8, 4) is 0 Å². The quantitative estimate of drug-likeness (QED) is 0.461. The molecule has 2 rings (SSSR count). The molecule has 0 radical (unpaired) electrons. The largest absolute Gasteiger partial charge is 0.384 e. The minimum absolute atomic E-state index is 0.0406. The number of pyridine rings is 1. The fourth-order valence-electron chi connectivity index (χ4n) is 2.07. The maximum Gasteiger partial charge on any atom is 0.295 e. The van der Waals surface area contributed by atoms with Gasteiger partial charge >= 0.3 is 0 Å². The summed E-state index contributed by atoms with van der Waals surface area (Å²) in [6, 6.07) is 6.88. The van der Waals surface area contributed by atoms with E-state index in [-0.39, 0.29) is 5.69 Å². The molecule has 0 amide bonds. The van der Waals surface area contributed by atoms with Crippen LogP contribution in [0.4, 0.5) is 11.4 Å². The van der Waals surface area contributed by atoms with Gasteiger partial charge < -0.3 is 10.6 Å². The molecule has 2 aromatic rings. The Hall–Kier alpha value is -2.21. The zero-order chi connectivity index (χ0) is 14.4. The average Bonchev–Trinajstić information content (AvgIpc) is 2.46. The molecule has 106 valence electrons. The van der Waals surface area contributed by atoms with Crippen LogP contribution in [0.5, 0.6) is 0 Å². The van der Waals surface area contributed by atoms with Crippen molar-refractivity contribution in [1.29, 1.82) is 0 Å². The van der Waals surface area contributed by atoms with E-state index < -0.39 is 4.92 Å². The highest BCUT2D eigenvalue weighted by atomic mass is 16.6. The number of nitrogens with one attached hydrogen (secondary N) is 2. The summed E-state index contributed by atoms with van der Waals surface area (Å²) in [7, 11) is 0. The Balaban J connectivity index is 2.18. The number of rotatable bonds is 7. The highest BCUT2D eigenvalue weighted by Gasteiger charge is 2.14. The number of nitro groups is 1. The Morgan fingerprint density at radius 3 is 2.90 bits per heavy atom. The smallest absolute Gasteiger partial charge is 0.295 e. The van der Waals surface area contributed by atoms with E-state index >= 15 is 0 Å². The summed E-state index contributed by atoms with van der Waals surface area (Å²) >= 11 is 0. The van der Waals surface area contributed by atoms with E-state index in [2.05, 4.69) is 22.5 Å². The Kier molecular flexibility index (Phi) is 4.84. The lowest BCUT2D eigenvalue weighted by molar-refractivity contribution is -0.383. The lowest BCUT2D eigenvalue weighted by Gasteiger charge is -2.09. The van der Waals surface area contributed by atoms with Crippen molar-refractivity contribution in [1.82, 2.24) is 10.3 Å². The SMILES string of the molecule is CCNCCCNc1ccc([N+](=O)[O-])c2ncccc12. The predicted molar refractivity (Wildman–Crippen MR) is 80.0 cm³/mol. The number of hydrogen-bond donors (Lipinski definition) is 2. The third-order valence-electron chi connectivity index (χ3n) is 3.04. The van der Waals surface area contributed by atoms with E-state index in [0.29, 0.717) is 5.52 Å². The molecule has 1 heterocycles. The monoisotopic (exact) mass is 274 g/mol. The number of nitrogens with zero attached hydrogens (tertiary/aromatic N) is 2. The number of aromatic nitrogens is 1. The zero-order valence-corrected chi connectivity index (χ0v) is 11.4. The van der Waals surface area contributed by atoms with Gasteiger partial charge in [-0.2, -0.15) is 0 Å². The number of nitro benzene ring substituents is 1. The standard InChI is InChI=1S/C14H18N4O2/c1-2-15-8-4-10-16-12-6-7-13(18(19)20)14-11(12)5-3-9-17-14/h3,5-7,9,15-16H,2,4,8,10H2,1H3. The normalized spacial score (nSPS) is 10.7. The van der Waals surface area contributed by atoms with Gasteiger partial charge in [0.2, 0.25) is 0 Å². The summed E-state index contributed by atoms with van der Waals surface area (Å²) in [6.07, 6.45) is 2.57. The van der Waals surface area contributed by atoms with E-state index in [4.69, 9.17) is 0 Å². The van der Waals surface area contributed by atoms with Gasteiger partial charge in [-0.05, 0) is 37.7 Å². The summed E-state index contributed by atoms with van der Waals surface area (Å²) < 4.78 is 0. The fraction of sp³-hybridized carbons (Fsp3) is 0.357. The van der Waals surface area contributed by atoms with Gasteiger partial charge in [0, 0.05) is 29.9 Å². The second kappa shape index (κ2) is 6.81. The molecule has 6 heteroatoms. The first-order chi connectivity index (χ1) is 9.74. The number of fused-ring (bicyclic) bond motifs is 1. The Bertz CT molecular complexity index is 601. The van der Waals surface area contributed by atoms with Crippen molar-refractivity contribution in [3.05, 3.63) is 40.6 Å². The van der Waals surface area contributed by atoms with Crippen LogP contribution in [0.25, 0.3) is 10.9 Å². The van der Waals surface area contributed by atoms with Crippen LogP contribution in [0.15, 0.2) is 30.5 Å². The van der Waals surface area contributed by atoms with Crippen LogP contribution in [0.2, 0.25) is 0 Å².